The molecule has 2 aliphatic rings. The van der Waals surface area contributed by atoms with Crippen LogP contribution in [0.15, 0.2) is 23.1 Å². The van der Waals surface area contributed by atoms with E-state index >= 15 is 0 Å². The van der Waals surface area contributed by atoms with Gasteiger partial charge in [0.15, 0.2) is 0 Å². The number of carbonyl (C=O) groups excluding carboxylic acids is 1. The quantitative estimate of drug-likeness (QED) is 0.906. The van der Waals surface area contributed by atoms with Gasteiger partial charge in [0.05, 0.1) is 11.4 Å². The highest BCUT2D eigenvalue weighted by Gasteiger charge is 2.21. The summed E-state index contributed by atoms with van der Waals surface area (Å²) >= 11 is 0. The van der Waals surface area contributed by atoms with Gasteiger partial charge in [-0.05, 0) is 61.8 Å². The number of carbonyl (C=O) groups is 1. The Morgan fingerprint density at radius 2 is 1.62 bits per heavy atom. The van der Waals surface area contributed by atoms with Crippen LogP contribution >= 0.6 is 0 Å². The van der Waals surface area contributed by atoms with Gasteiger partial charge in [-0.15, -0.1) is 0 Å². The van der Waals surface area contributed by atoms with Crippen molar-refractivity contribution in [1.29, 1.82) is 0 Å². The Labute approximate surface area is 144 Å². The number of hydrogen-bond donors (Lipinski definition) is 1. The van der Waals surface area contributed by atoms with E-state index in [1.165, 1.54) is 12.0 Å². The van der Waals surface area contributed by atoms with Gasteiger partial charge in [-0.1, -0.05) is 18.9 Å². The summed E-state index contributed by atoms with van der Waals surface area (Å²) in [6.45, 7) is 1.32. The third-order valence-electron chi connectivity index (χ3n) is 5.00. The number of benzene rings is 1. The highest BCUT2D eigenvalue weighted by atomic mass is 32.2. The number of amides is 1. The summed E-state index contributed by atoms with van der Waals surface area (Å²) in [4.78, 5) is 14.3. The minimum Gasteiger partial charge on any atom is -0.342 e. The first kappa shape index (κ1) is 17.4. The molecular weight excluding hydrogens is 324 g/mol. The van der Waals surface area contributed by atoms with E-state index in [1.54, 1.807) is 17.0 Å². The van der Waals surface area contributed by atoms with Gasteiger partial charge >= 0.3 is 0 Å². The number of nitrogens with one attached hydrogen (secondary N) is 1. The third kappa shape index (κ3) is 4.16. The summed E-state index contributed by atoms with van der Waals surface area (Å²) in [5.74, 6) is -0.126. The molecule has 0 radical (unpaired) electrons. The molecule has 0 spiro atoms. The second-order valence-corrected chi connectivity index (χ2v) is 8.52. The minimum atomic E-state index is -3.63. The predicted octanol–water partition coefficient (Wildman–Crippen LogP) is 2.25. The lowest BCUT2D eigenvalue weighted by Gasteiger charge is -2.21. The highest BCUT2D eigenvalue weighted by Crippen LogP contribution is 2.24. The summed E-state index contributed by atoms with van der Waals surface area (Å²) in [7, 11) is -3.63. The van der Waals surface area contributed by atoms with Gasteiger partial charge < -0.3 is 4.90 Å². The lowest BCUT2D eigenvalue weighted by Crippen LogP contribution is -2.40. The molecule has 6 heteroatoms. The number of nitrogens with zero attached hydrogens (tertiary/aromatic N) is 1. The van der Waals surface area contributed by atoms with Crippen LogP contribution in [0.3, 0.4) is 0 Å². The van der Waals surface area contributed by atoms with Crippen molar-refractivity contribution in [3.05, 3.63) is 29.3 Å². The molecule has 1 aliphatic heterocycles. The molecule has 1 N–H and O–H groups in total. The van der Waals surface area contributed by atoms with Gasteiger partial charge in [-0.25, -0.2) is 13.1 Å². The van der Waals surface area contributed by atoms with E-state index in [0.29, 0.717) is 0 Å². The monoisotopic (exact) mass is 350 g/mol. The maximum Gasteiger partial charge on any atom is 0.241 e. The number of aryl methyl sites for hydroxylation is 2. The molecule has 1 aliphatic carbocycles. The number of sulfonamides is 1. The van der Waals surface area contributed by atoms with E-state index in [-0.39, 0.29) is 17.3 Å². The third-order valence-corrected chi connectivity index (χ3v) is 6.40. The van der Waals surface area contributed by atoms with E-state index in [2.05, 4.69) is 4.72 Å². The molecule has 0 bridgehead atoms. The fourth-order valence-electron chi connectivity index (χ4n) is 3.55. The molecule has 1 amide bonds. The molecule has 3 rings (SSSR count). The zero-order chi connectivity index (χ0) is 17.0. The Kier molecular flexibility index (Phi) is 5.56. The van der Waals surface area contributed by atoms with Crippen molar-refractivity contribution in [2.24, 2.45) is 0 Å². The lowest BCUT2D eigenvalue weighted by atomic mass is 9.92. The Bertz CT molecular complexity index is 692. The minimum absolute atomic E-state index is 0.126. The fourth-order valence-corrected chi connectivity index (χ4v) is 4.57. The molecule has 0 atom stereocenters. The summed E-state index contributed by atoms with van der Waals surface area (Å²) in [5.41, 5.74) is 2.38. The van der Waals surface area contributed by atoms with E-state index in [1.807, 2.05) is 6.07 Å². The number of fused-ring (bicyclic) bond motifs is 1. The fraction of sp³-hybridized carbons (Fsp3) is 0.611. The smallest absolute Gasteiger partial charge is 0.241 e. The molecule has 0 saturated carbocycles. The average Bonchev–Trinajstić information content (AvgIpc) is 2.89. The highest BCUT2D eigenvalue weighted by molar-refractivity contribution is 7.89. The van der Waals surface area contributed by atoms with E-state index < -0.39 is 10.0 Å². The zero-order valence-corrected chi connectivity index (χ0v) is 14.9. The van der Waals surface area contributed by atoms with Crippen LogP contribution in [0.5, 0.6) is 0 Å². The van der Waals surface area contributed by atoms with E-state index in [0.717, 1.165) is 63.6 Å². The van der Waals surface area contributed by atoms with Gasteiger partial charge in [0.2, 0.25) is 15.9 Å². The van der Waals surface area contributed by atoms with Gasteiger partial charge in [-0.2, -0.15) is 0 Å². The van der Waals surface area contributed by atoms with Crippen molar-refractivity contribution in [3.8, 4) is 0 Å². The Hall–Kier alpha value is -1.40. The van der Waals surface area contributed by atoms with Crippen molar-refractivity contribution in [3.63, 3.8) is 0 Å². The van der Waals surface area contributed by atoms with E-state index in [4.69, 9.17) is 0 Å². The average molecular weight is 350 g/mol. The van der Waals surface area contributed by atoms with Crippen molar-refractivity contribution in [2.45, 2.75) is 56.3 Å². The van der Waals surface area contributed by atoms with Crippen LogP contribution in [0.1, 0.15) is 49.7 Å². The largest absolute Gasteiger partial charge is 0.342 e. The van der Waals surface area contributed by atoms with Gasteiger partial charge in [0, 0.05) is 13.1 Å². The second kappa shape index (κ2) is 7.66. The first-order chi connectivity index (χ1) is 11.6. The Morgan fingerprint density at radius 1 is 0.958 bits per heavy atom. The molecular formula is C18H26N2O3S. The number of hydrogen-bond acceptors (Lipinski definition) is 3. The van der Waals surface area contributed by atoms with Crippen LogP contribution in [0.2, 0.25) is 0 Å². The molecule has 5 nitrogen and oxygen atoms in total. The molecule has 1 aromatic rings. The maximum absolute atomic E-state index is 12.5. The standard InChI is InChI=1S/C18H26N2O3S/c21-18(20-11-5-1-2-6-12-20)14-19-24(22,23)17-10-9-15-7-3-4-8-16(15)13-17/h9-10,13,19H,1-8,11-12,14H2. The van der Waals surface area contributed by atoms with Crippen molar-refractivity contribution in [1.82, 2.24) is 9.62 Å². The van der Waals surface area contributed by atoms with Gasteiger partial charge in [0.25, 0.3) is 0 Å². The summed E-state index contributed by atoms with van der Waals surface area (Å²) in [6.07, 6.45) is 8.53. The first-order valence-electron chi connectivity index (χ1n) is 8.95. The molecule has 0 unspecified atom stereocenters. The SMILES string of the molecule is O=C(CNS(=O)(=O)c1ccc2c(c1)CCCC2)N1CCCCCC1. The summed E-state index contributed by atoms with van der Waals surface area (Å²) < 4.78 is 27.5. The molecule has 1 fully saturated rings. The molecule has 132 valence electrons. The van der Waals surface area contributed by atoms with Gasteiger partial charge in [0.1, 0.15) is 0 Å². The van der Waals surface area contributed by atoms with Crippen molar-refractivity contribution in [2.75, 3.05) is 19.6 Å². The van der Waals surface area contributed by atoms with Crippen LogP contribution < -0.4 is 4.72 Å². The molecule has 1 aromatic carbocycles. The van der Waals surface area contributed by atoms with Crippen molar-refractivity contribution >= 4 is 15.9 Å². The molecule has 0 aromatic heterocycles. The van der Waals surface area contributed by atoms with E-state index in [9.17, 15) is 13.2 Å². The summed E-state index contributed by atoms with van der Waals surface area (Å²) in [6, 6.07) is 5.34. The second-order valence-electron chi connectivity index (χ2n) is 6.76. The van der Waals surface area contributed by atoms with Crippen LogP contribution in [0.4, 0.5) is 0 Å². The first-order valence-corrected chi connectivity index (χ1v) is 10.4. The summed E-state index contributed by atoms with van der Waals surface area (Å²) in [5, 5.41) is 0. The van der Waals surface area contributed by atoms with Crippen molar-refractivity contribution < 1.29 is 13.2 Å². The molecule has 24 heavy (non-hydrogen) atoms. The van der Waals surface area contributed by atoms with Crippen LogP contribution in [-0.4, -0.2) is 38.9 Å². The lowest BCUT2D eigenvalue weighted by molar-refractivity contribution is -0.129. The maximum atomic E-state index is 12.5. The number of likely N-dealkylation sites (tertiary alicyclic amines) is 1. The number of rotatable bonds is 4. The van der Waals surface area contributed by atoms with Crippen LogP contribution in [0.25, 0.3) is 0 Å². The predicted molar refractivity (Wildman–Crippen MR) is 93.3 cm³/mol. The zero-order valence-electron chi connectivity index (χ0n) is 14.1. The Balaban J connectivity index is 1.64. The Morgan fingerprint density at radius 3 is 2.33 bits per heavy atom. The van der Waals surface area contributed by atoms with Crippen LogP contribution in [-0.2, 0) is 27.7 Å². The van der Waals surface area contributed by atoms with Gasteiger partial charge in [-0.3, -0.25) is 4.79 Å². The normalized spacial score (nSPS) is 18.8. The topological polar surface area (TPSA) is 66.5 Å². The molecule has 1 saturated heterocycles. The molecule has 1 heterocycles. The van der Waals surface area contributed by atoms with Crippen LogP contribution in [0, 0.1) is 0 Å².